The van der Waals surface area contributed by atoms with Crippen molar-refractivity contribution in [3.63, 3.8) is 0 Å². The summed E-state index contributed by atoms with van der Waals surface area (Å²) in [7, 11) is -2.80. The molecule has 2 saturated carbocycles. The molecule has 9 aromatic rings. The molecule has 0 bridgehead atoms. The predicted molar refractivity (Wildman–Crippen MR) is 286 cm³/mol. The lowest BCUT2D eigenvalue weighted by atomic mass is 9.61. The molecule has 3 aromatic heterocycles. The van der Waals surface area contributed by atoms with Gasteiger partial charge in [0.25, 0.3) is 0 Å². The molecule has 6 heteroatoms. The van der Waals surface area contributed by atoms with E-state index in [1.54, 1.807) is 0 Å². The summed E-state index contributed by atoms with van der Waals surface area (Å²) < 4.78 is 2.56. The Kier molecular flexibility index (Phi) is 9.21. The number of benzene rings is 6. The van der Waals surface area contributed by atoms with Crippen molar-refractivity contribution >= 4 is 73.4 Å². The van der Waals surface area contributed by atoms with E-state index in [-0.39, 0.29) is 21.9 Å². The highest BCUT2D eigenvalue weighted by molar-refractivity contribution is 7.19. The van der Waals surface area contributed by atoms with Crippen LogP contribution in [-0.4, -0.2) is 33.7 Å². The lowest BCUT2D eigenvalue weighted by molar-refractivity contribution is 0.195. The molecular weight excluding hydrogens is 843 g/mol. The molecule has 0 saturated heterocycles. The molecule has 2 aliphatic carbocycles. The van der Waals surface area contributed by atoms with Gasteiger partial charge in [-0.15, -0.1) is 0 Å². The number of hydrogen-bond donors (Lipinski definition) is 0. The quantitative estimate of drug-likeness (QED) is 0.118. The summed E-state index contributed by atoms with van der Waals surface area (Å²) in [5, 5.41) is 8.01. The molecule has 4 atom stereocenters. The predicted octanol–water partition coefficient (Wildman–Crippen LogP) is 12.4. The van der Waals surface area contributed by atoms with Crippen molar-refractivity contribution in [3.8, 4) is 5.69 Å². The summed E-state index contributed by atoms with van der Waals surface area (Å²) in [6, 6.07) is 62.7. The van der Waals surface area contributed by atoms with Crippen LogP contribution in [0.5, 0.6) is 0 Å². The van der Waals surface area contributed by atoms with Crippen molar-refractivity contribution in [2.75, 3.05) is 9.80 Å². The molecule has 0 spiro atoms. The number of hydrogen-bond acceptors (Lipinski definition) is 4. The van der Waals surface area contributed by atoms with E-state index < -0.39 is 8.07 Å². The van der Waals surface area contributed by atoms with Crippen LogP contribution in [0.25, 0.3) is 27.5 Å². The van der Waals surface area contributed by atoms with E-state index in [0.29, 0.717) is 0 Å². The summed E-state index contributed by atoms with van der Waals surface area (Å²) in [5.74, 6) is 0. The van der Waals surface area contributed by atoms with E-state index in [2.05, 4.69) is 218 Å². The van der Waals surface area contributed by atoms with E-state index in [9.17, 15) is 0 Å². The third kappa shape index (κ3) is 5.49. The summed E-state index contributed by atoms with van der Waals surface area (Å²) in [6.45, 7) is 10.1. The Morgan fingerprint density at radius 1 is 0.412 bits per heavy atom. The molecular formula is C62H59N5Si. The SMILES string of the molecule is CC12CCCCC1(C)N(c1ccc3c(c1)c1cc(N4c5cnccc5C5(C)CCCCC45C)ccc1n3-c1cccc([Si](c3ccccc3)(c3ccccc3)c3ccccc3)c1)c1cnccc12. The first kappa shape index (κ1) is 41.4. The summed E-state index contributed by atoms with van der Waals surface area (Å²) >= 11 is 0. The Balaban J connectivity index is 1.07. The first-order valence-corrected chi connectivity index (χ1v) is 27.1. The molecule has 5 heterocycles. The van der Waals surface area contributed by atoms with Gasteiger partial charge in [-0.1, -0.05) is 143 Å². The third-order valence-electron chi connectivity index (χ3n) is 18.2. The van der Waals surface area contributed by atoms with Crippen molar-refractivity contribution in [2.24, 2.45) is 0 Å². The van der Waals surface area contributed by atoms with Crippen molar-refractivity contribution in [3.05, 3.63) is 200 Å². The fourth-order valence-corrected chi connectivity index (χ4v) is 19.3. The number of fused-ring (bicyclic) bond motifs is 9. The zero-order chi connectivity index (χ0) is 45.9. The maximum Gasteiger partial charge on any atom is 0.179 e. The molecule has 0 N–H and O–H groups in total. The second kappa shape index (κ2) is 15.1. The second-order valence-electron chi connectivity index (χ2n) is 21.2. The van der Waals surface area contributed by atoms with E-state index in [1.807, 2.05) is 12.4 Å². The Labute approximate surface area is 402 Å². The zero-order valence-corrected chi connectivity index (χ0v) is 40.8. The van der Waals surface area contributed by atoms with Crippen molar-refractivity contribution in [1.29, 1.82) is 0 Å². The van der Waals surface area contributed by atoms with Crippen LogP contribution < -0.4 is 30.5 Å². The highest BCUT2D eigenvalue weighted by Crippen LogP contribution is 2.62. The molecule has 2 fully saturated rings. The fourth-order valence-electron chi connectivity index (χ4n) is 14.5. The average molecular weight is 902 g/mol. The van der Waals surface area contributed by atoms with E-state index in [1.165, 1.54) is 121 Å². The van der Waals surface area contributed by atoms with Gasteiger partial charge in [-0.25, -0.2) is 0 Å². The molecule has 6 aromatic carbocycles. The summed E-state index contributed by atoms with van der Waals surface area (Å²) in [6.07, 6.45) is 17.9. The van der Waals surface area contributed by atoms with Crippen LogP contribution in [0.15, 0.2) is 189 Å². The monoisotopic (exact) mass is 901 g/mol. The molecule has 4 unspecified atom stereocenters. The minimum absolute atomic E-state index is 0.0337. The summed E-state index contributed by atoms with van der Waals surface area (Å²) in [5.41, 5.74) is 11.4. The maximum atomic E-state index is 4.77. The first-order valence-electron chi connectivity index (χ1n) is 25.1. The standard InChI is InChI=1S/C62H59N5Si/c1-59-33-14-16-35-61(59,3)66(57-42-63-37-31-53(57)59)45-27-29-55-51(40-45)52-41-46(67-58-43-64-38-32-54(58)60(2)34-15-17-36-62(60,67)4)28-30-56(52)65(55)44-19-18-26-50(39-44)68(47-20-8-5-9-21-47,48-22-10-6-11-23-48)49-24-12-7-13-25-49/h5-13,18-32,37-43H,14-17,33-36H2,1-4H3. The van der Waals surface area contributed by atoms with Crippen molar-refractivity contribution < 1.29 is 0 Å². The number of anilines is 4. The first-order chi connectivity index (χ1) is 33.2. The van der Waals surface area contributed by atoms with Gasteiger partial charge in [0.2, 0.25) is 0 Å². The number of pyridine rings is 2. The van der Waals surface area contributed by atoms with E-state index >= 15 is 0 Å². The van der Waals surface area contributed by atoms with Crippen LogP contribution in [0.2, 0.25) is 0 Å². The lowest BCUT2D eigenvalue weighted by Gasteiger charge is -2.50. The van der Waals surface area contributed by atoms with Gasteiger partial charge in [0.1, 0.15) is 0 Å². The molecule has 0 radical (unpaired) electrons. The van der Waals surface area contributed by atoms with Gasteiger partial charge in [0.15, 0.2) is 8.07 Å². The highest BCUT2D eigenvalue weighted by atomic mass is 28.3. The highest BCUT2D eigenvalue weighted by Gasteiger charge is 2.59. The number of aromatic nitrogens is 3. The molecule has 13 rings (SSSR count). The van der Waals surface area contributed by atoms with Crippen molar-refractivity contribution in [1.82, 2.24) is 14.5 Å². The Morgan fingerprint density at radius 3 is 1.29 bits per heavy atom. The average Bonchev–Trinajstić information content (AvgIpc) is 3.90. The van der Waals surface area contributed by atoms with Gasteiger partial charge < -0.3 is 14.4 Å². The normalized spacial score (nSPS) is 24.2. The van der Waals surface area contributed by atoms with Crippen LogP contribution >= 0.6 is 0 Å². The second-order valence-corrected chi connectivity index (χ2v) is 25.0. The molecule has 68 heavy (non-hydrogen) atoms. The molecule has 336 valence electrons. The zero-order valence-electron chi connectivity index (χ0n) is 39.8. The largest absolute Gasteiger partial charge is 0.333 e. The van der Waals surface area contributed by atoms with Gasteiger partial charge >= 0.3 is 0 Å². The van der Waals surface area contributed by atoms with Gasteiger partial charge in [-0.2, -0.15) is 0 Å². The Hall–Kier alpha value is -6.76. The molecule has 4 aliphatic rings. The van der Waals surface area contributed by atoms with Gasteiger partial charge in [0, 0.05) is 51.1 Å². The molecule has 0 amide bonds. The maximum absolute atomic E-state index is 4.77. The minimum atomic E-state index is -2.80. The van der Waals surface area contributed by atoms with Crippen molar-refractivity contribution in [2.45, 2.75) is 101 Å². The Morgan fingerprint density at radius 2 is 0.838 bits per heavy atom. The Bertz CT molecular complexity index is 3170. The van der Waals surface area contributed by atoms with Gasteiger partial charge in [-0.3, -0.25) is 9.97 Å². The lowest BCUT2D eigenvalue weighted by Crippen LogP contribution is -2.74. The van der Waals surface area contributed by atoms with Gasteiger partial charge in [0.05, 0.1) is 45.9 Å². The van der Waals surface area contributed by atoms with Crippen LogP contribution in [0.4, 0.5) is 22.7 Å². The molecule has 5 nitrogen and oxygen atoms in total. The summed E-state index contributed by atoms with van der Waals surface area (Å²) in [4.78, 5) is 14.9. The van der Waals surface area contributed by atoms with Crippen LogP contribution in [0, 0.1) is 0 Å². The van der Waals surface area contributed by atoms with Crippen LogP contribution in [-0.2, 0) is 10.8 Å². The topological polar surface area (TPSA) is 37.2 Å². The van der Waals surface area contributed by atoms with Crippen LogP contribution in [0.3, 0.4) is 0 Å². The fraction of sp³-hybridized carbons (Fsp3) is 0.258. The van der Waals surface area contributed by atoms with E-state index in [0.717, 1.165) is 12.8 Å². The smallest absolute Gasteiger partial charge is 0.179 e. The van der Waals surface area contributed by atoms with E-state index in [4.69, 9.17) is 9.97 Å². The minimum Gasteiger partial charge on any atom is -0.333 e. The van der Waals surface area contributed by atoms with Crippen LogP contribution in [0.1, 0.15) is 90.2 Å². The van der Waals surface area contributed by atoms with Gasteiger partial charge in [-0.05, 0) is 132 Å². The number of nitrogens with zero attached hydrogens (tertiary/aromatic N) is 5. The third-order valence-corrected chi connectivity index (χ3v) is 23.0. The number of rotatable bonds is 7. The molecule has 2 aliphatic heterocycles.